The lowest BCUT2D eigenvalue weighted by atomic mass is 10.3. The van der Waals surface area contributed by atoms with E-state index >= 15 is 0 Å². The van der Waals surface area contributed by atoms with Crippen molar-refractivity contribution in [1.82, 2.24) is 4.90 Å². The van der Waals surface area contributed by atoms with Gasteiger partial charge in [0.2, 0.25) is 0 Å². The highest BCUT2D eigenvalue weighted by molar-refractivity contribution is 7.12. The van der Waals surface area contributed by atoms with Crippen LogP contribution in [0.2, 0.25) is 0 Å². The molecule has 16 heavy (non-hydrogen) atoms. The highest BCUT2D eigenvalue weighted by Crippen LogP contribution is 2.32. The zero-order chi connectivity index (χ0) is 11.5. The lowest BCUT2D eigenvalue weighted by molar-refractivity contribution is 0.0709. The molecule has 0 unspecified atom stereocenters. The summed E-state index contributed by atoms with van der Waals surface area (Å²) in [4.78, 5) is 14.6. The molecule has 4 nitrogen and oxygen atoms in total. The molecule has 1 aliphatic rings. The monoisotopic (exact) mass is 241 g/mol. The Hall–Kier alpha value is -1.07. The summed E-state index contributed by atoms with van der Waals surface area (Å²) in [6.07, 6.45) is 2.08. The van der Waals surface area contributed by atoms with Gasteiger partial charge in [-0.1, -0.05) is 0 Å². The van der Waals surface area contributed by atoms with E-state index in [9.17, 15) is 4.79 Å². The molecule has 0 saturated heterocycles. The third kappa shape index (κ3) is 2.20. The second-order valence-electron chi connectivity index (χ2n) is 3.77. The molecule has 1 saturated carbocycles. The van der Waals surface area contributed by atoms with Crippen molar-refractivity contribution in [2.24, 2.45) is 0 Å². The fraction of sp³-hybridized carbons (Fsp3) is 0.545. The van der Waals surface area contributed by atoms with E-state index in [1.165, 1.54) is 11.3 Å². The quantitative estimate of drug-likeness (QED) is 0.846. The van der Waals surface area contributed by atoms with Gasteiger partial charge in [-0.15, -0.1) is 11.3 Å². The third-order valence-corrected chi connectivity index (χ3v) is 3.52. The molecule has 1 aromatic heterocycles. The predicted octanol–water partition coefficient (Wildman–Crippen LogP) is 1.35. The highest BCUT2D eigenvalue weighted by Gasteiger charge is 2.34. The normalized spacial score (nSPS) is 14.9. The number of hydrogen-bond acceptors (Lipinski definition) is 4. The number of thiophene rings is 1. The summed E-state index contributed by atoms with van der Waals surface area (Å²) < 4.78 is 5.14. The molecule has 0 spiro atoms. The molecule has 5 heteroatoms. The Balaban J connectivity index is 2.15. The van der Waals surface area contributed by atoms with Crippen molar-refractivity contribution in [1.29, 1.82) is 0 Å². The molecule has 1 N–H and O–H groups in total. The van der Waals surface area contributed by atoms with E-state index in [4.69, 9.17) is 9.84 Å². The molecule has 1 amide bonds. The van der Waals surface area contributed by atoms with Crippen molar-refractivity contribution in [3.8, 4) is 5.75 Å². The fourth-order valence-corrected chi connectivity index (χ4v) is 2.50. The number of ether oxygens (including phenoxy) is 1. The molecule has 0 bridgehead atoms. The van der Waals surface area contributed by atoms with Gasteiger partial charge in [-0.2, -0.15) is 0 Å². The Kier molecular flexibility index (Phi) is 3.46. The van der Waals surface area contributed by atoms with Gasteiger partial charge >= 0.3 is 0 Å². The number of nitrogens with zero attached hydrogens (tertiary/aromatic N) is 1. The minimum absolute atomic E-state index is 0.00985. The summed E-state index contributed by atoms with van der Waals surface area (Å²) in [5.74, 6) is 0.599. The van der Waals surface area contributed by atoms with Crippen LogP contribution in [0.15, 0.2) is 11.4 Å². The Morgan fingerprint density at radius 1 is 1.69 bits per heavy atom. The average Bonchev–Trinajstić information content (AvgIpc) is 3.01. The second-order valence-corrected chi connectivity index (χ2v) is 4.69. The Labute approximate surface area is 98.4 Å². The minimum Gasteiger partial charge on any atom is -0.495 e. The minimum atomic E-state index is -0.0246. The summed E-state index contributed by atoms with van der Waals surface area (Å²) in [5.41, 5.74) is 0. The van der Waals surface area contributed by atoms with Crippen LogP contribution in [0.3, 0.4) is 0 Å². The zero-order valence-electron chi connectivity index (χ0n) is 9.18. The topological polar surface area (TPSA) is 49.8 Å². The number of hydrogen-bond donors (Lipinski definition) is 1. The van der Waals surface area contributed by atoms with Crippen molar-refractivity contribution in [2.75, 3.05) is 20.3 Å². The molecule has 88 valence electrons. The van der Waals surface area contributed by atoms with Gasteiger partial charge in [-0.25, -0.2) is 0 Å². The van der Waals surface area contributed by atoms with Crippen LogP contribution in [0, 0.1) is 0 Å². The van der Waals surface area contributed by atoms with Crippen molar-refractivity contribution in [2.45, 2.75) is 18.9 Å². The fourth-order valence-electron chi connectivity index (χ4n) is 1.69. The molecule has 0 aromatic carbocycles. The van der Waals surface area contributed by atoms with Gasteiger partial charge in [0.25, 0.3) is 5.91 Å². The number of aliphatic hydroxyl groups excluding tert-OH is 1. The van der Waals surface area contributed by atoms with Gasteiger partial charge in [0.15, 0.2) is 0 Å². The van der Waals surface area contributed by atoms with Gasteiger partial charge in [0.05, 0.1) is 13.7 Å². The standard InChI is InChI=1S/C11H15NO3S/c1-15-9-4-7-16-10(9)11(14)12(5-6-13)8-2-3-8/h4,7-8,13H,2-3,5-6H2,1H3. The van der Waals surface area contributed by atoms with Crippen LogP contribution in [-0.2, 0) is 0 Å². The van der Waals surface area contributed by atoms with Crippen molar-refractivity contribution in [3.63, 3.8) is 0 Å². The van der Waals surface area contributed by atoms with E-state index in [1.54, 1.807) is 18.1 Å². The molecule has 2 rings (SSSR count). The maximum Gasteiger partial charge on any atom is 0.268 e. The first-order valence-corrected chi connectivity index (χ1v) is 6.19. The van der Waals surface area contributed by atoms with Gasteiger partial charge in [-0.05, 0) is 24.3 Å². The maximum absolute atomic E-state index is 12.2. The number of methoxy groups -OCH3 is 1. The highest BCUT2D eigenvalue weighted by atomic mass is 32.1. The summed E-state index contributed by atoms with van der Waals surface area (Å²) >= 11 is 1.38. The molecule has 1 fully saturated rings. The maximum atomic E-state index is 12.2. The van der Waals surface area contributed by atoms with Gasteiger partial charge in [0.1, 0.15) is 10.6 Å². The number of carbonyl (C=O) groups excluding carboxylic acids is 1. The number of amides is 1. The van der Waals surface area contributed by atoms with E-state index < -0.39 is 0 Å². The van der Waals surface area contributed by atoms with Crippen LogP contribution in [-0.4, -0.2) is 42.2 Å². The smallest absolute Gasteiger partial charge is 0.268 e. The molecule has 1 heterocycles. The average molecular weight is 241 g/mol. The van der Waals surface area contributed by atoms with Crippen LogP contribution in [0.4, 0.5) is 0 Å². The van der Waals surface area contributed by atoms with Crippen molar-refractivity contribution < 1.29 is 14.6 Å². The molecule has 1 aliphatic carbocycles. The number of rotatable bonds is 5. The number of carbonyl (C=O) groups is 1. The second kappa shape index (κ2) is 4.84. The van der Waals surface area contributed by atoms with Crippen molar-refractivity contribution >= 4 is 17.2 Å². The van der Waals surface area contributed by atoms with Gasteiger partial charge < -0.3 is 14.7 Å². The molecular formula is C11H15NO3S. The third-order valence-electron chi connectivity index (χ3n) is 2.63. The molecular weight excluding hydrogens is 226 g/mol. The molecule has 1 aromatic rings. The van der Waals surface area contributed by atoms with E-state index in [0.717, 1.165) is 12.8 Å². The van der Waals surface area contributed by atoms with Crippen molar-refractivity contribution in [3.05, 3.63) is 16.3 Å². The van der Waals surface area contributed by atoms with Gasteiger partial charge in [-0.3, -0.25) is 4.79 Å². The number of aliphatic hydroxyl groups is 1. The lowest BCUT2D eigenvalue weighted by Gasteiger charge is -2.20. The van der Waals surface area contributed by atoms with Crippen LogP contribution < -0.4 is 4.74 Å². The van der Waals surface area contributed by atoms with Gasteiger partial charge in [0, 0.05) is 12.6 Å². The largest absolute Gasteiger partial charge is 0.495 e. The first-order chi connectivity index (χ1) is 7.77. The predicted molar refractivity (Wildman–Crippen MR) is 62.0 cm³/mol. The molecule has 0 aliphatic heterocycles. The van der Waals surface area contributed by atoms with Crippen LogP contribution in [0.25, 0.3) is 0 Å². The summed E-state index contributed by atoms with van der Waals surface area (Å²) in [6.45, 7) is 0.417. The Bertz CT molecular complexity index is 373. The molecule has 0 atom stereocenters. The Morgan fingerprint density at radius 3 is 3.00 bits per heavy atom. The molecule has 0 radical (unpaired) electrons. The summed E-state index contributed by atoms with van der Waals surface area (Å²) in [6, 6.07) is 2.11. The van der Waals surface area contributed by atoms with E-state index in [0.29, 0.717) is 23.2 Å². The first-order valence-electron chi connectivity index (χ1n) is 5.31. The first kappa shape index (κ1) is 11.4. The summed E-state index contributed by atoms with van der Waals surface area (Å²) in [7, 11) is 1.56. The van der Waals surface area contributed by atoms with Crippen LogP contribution >= 0.6 is 11.3 Å². The Morgan fingerprint density at radius 2 is 2.44 bits per heavy atom. The van der Waals surface area contributed by atoms with Crippen LogP contribution in [0.1, 0.15) is 22.5 Å². The SMILES string of the molecule is COc1ccsc1C(=O)N(CCO)C1CC1. The zero-order valence-corrected chi connectivity index (χ0v) is 10.00. The van der Waals surface area contributed by atoms with Crippen LogP contribution in [0.5, 0.6) is 5.75 Å². The van der Waals surface area contributed by atoms with E-state index in [2.05, 4.69) is 0 Å². The lowest BCUT2D eigenvalue weighted by Crippen LogP contribution is -2.35. The summed E-state index contributed by atoms with van der Waals surface area (Å²) in [5, 5.41) is 10.8. The van der Waals surface area contributed by atoms with E-state index in [1.807, 2.05) is 5.38 Å². The van der Waals surface area contributed by atoms with E-state index in [-0.39, 0.29) is 12.5 Å².